The van der Waals surface area contributed by atoms with Gasteiger partial charge in [0.2, 0.25) is 5.91 Å². The Kier molecular flexibility index (Phi) is 23.8. The van der Waals surface area contributed by atoms with E-state index in [2.05, 4.69) is 29.3 Å². The average molecular weight is 619 g/mol. The molecule has 1 amide bonds. The van der Waals surface area contributed by atoms with Crippen molar-refractivity contribution in [2.75, 3.05) is 105 Å². The third-order valence-electron chi connectivity index (χ3n) is 6.90. The molecule has 0 heterocycles. The Bertz CT molecular complexity index is 738. The highest BCUT2D eigenvalue weighted by Crippen LogP contribution is 2.32. The fourth-order valence-corrected chi connectivity index (χ4v) is 4.25. The molecule has 13 nitrogen and oxygen atoms in total. The normalized spacial score (nSPS) is 17.8. The Morgan fingerprint density at radius 1 is 0.651 bits per heavy atom. The molecule has 1 aliphatic carbocycles. The maximum absolute atomic E-state index is 12.7. The second-order valence-electron chi connectivity index (χ2n) is 10.5. The molecule has 0 spiro atoms. The van der Waals surface area contributed by atoms with Crippen LogP contribution in [0.1, 0.15) is 51.9 Å². The zero-order valence-electron chi connectivity index (χ0n) is 25.9. The topological polar surface area (TPSA) is 162 Å². The number of carboxylic acid groups (broad SMARTS) is 2. The SMILES string of the molecule is C[C@@]1(C(=O)NCCOCCOCCN(CCOCCOCCC(=O)O)CCOCCOCCC(=O)O)CC/C=C/CCC1. The molecule has 0 unspecified atom stereocenters. The number of carboxylic acids is 2. The van der Waals surface area contributed by atoms with Crippen LogP contribution in [0, 0.1) is 5.41 Å². The van der Waals surface area contributed by atoms with Gasteiger partial charge in [-0.05, 0) is 32.1 Å². The molecule has 0 bridgehead atoms. The minimum atomic E-state index is -0.893. The lowest BCUT2D eigenvalue weighted by molar-refractivity contribution is -0.139. The largest absolute Gasteiger partial charge is 0.481 e. The highest BCUT2D eigenvalue weighted by atomic mass is 16.5. The van der Waals surface area contributed by atoms with Gasteiger partial charge >= 0.3 is 11.9 Å². The van der Waals surface area contributed by atoms with E-state index >= 15 is 0 Å². The van der Waals surface area contributed by atoms with Crippen molar-refractivity contribution in [1.29, 1.82) is 0 Å². The first-order valence-electron chi connectivity index (χ1n) is 15.4. The Hall–Kier alpha value is -2.13. The van der Waals surface area contributed by atoms with E-state index in [1.165, 1.54) is 0 Å². The molecule has 0 aromatic carbocycles. The van der Waals surface area contributed by atoms with Gasteiger partial charge in [0, 0.05) is 31.6 Å². The second kappa shape index (κ2) is 26.3. The maximum atomic E-state index is 12.7. The van der Waals surface area contributed by atoms with Crippen LogP contribution in [0.15, 0.2) is 12.2 Å². The molecule has 1 aliphatic rings. The monoisotopic (exact) mass is 618 g/mol. The molecule has 3 N–H and O–H groups in total. The van der Waals surface area contributed by atoms with Crippen molar-refractivity contribution in [2.45, 2.75) is 51.9 Å². The molecule has 43 heavy (non-hydrogen) atoms. The van der Waals surface area contributed by atoms with Crippen LogP contribution in [0.4, 0.5) is 0 Å². The maximum Gasteiger partial charge on any atom is 0.305 e. The number of aliphatic carboxylic acids is 2. The highest BCUT2D eigenvalue weighted by molar-refractivity contribution is 5.82. The van der Waals surface area contributed by atoms with Gasteiger partial charge in [-0.15, -0.1) is 0 Å². The van der Waals surface area contributed by atoms with Gasteiger partial charge < -0.3 is 44.0 Å². The summed E-state index contributed by atoms with van der Waals surface area (Å²) in [6.07, 6.45) is 9.08. The number of allylic oxidation sites excluding steroid dienone is 2. The minimum Gasteiger partial charge on any atom is -0.481 e. The summed E-state index contributed by atoms with van der Waals surface area (Å²) in [7, 11) is 0. The predicted molar refractivity (Wildman–Crippen MR) is 159 cm³/mol. The number of hydrogen-bond donors (Lipinski definition) is 3. The summed E-state index contributed by atoms with van der Waals surface area (Å²) in [5.74, 6) is -1.68. The smallest absolute Gasteiger partial charge is 0.305 e. The van der Waals surface area contributed by atoms with E-state index in [0.717, 1.165) is 32.1 Å². The average Bonchev–Trinajstić information content (AvgIpc) is 2.95. The lowest BCUT2D eigenvalue weighted by Crippen LogP contribution is -2.40. The van der Waals surface area contributed by atoms with Crippen LogP contribution in [0.3, 0.4) is 0 Å². The molecule has 0 saturated carbocycles. The zero-order chi connectivity index (χ0) is 31.4. The van der Waals surface area contributed by atoms with E-state index < -0.39 is 11.9 Å². The quantitative estimate of drug-likeness (QED) is 0.0865. The van der Waals surface area contributed by atoms with Crippen LogP contribution in [0.2, 0.25) is 0 Å². The van der Waals surface area contributed by atoms with Crippen molar-refractivity contribution < 1.29 is 53.0 Å². The summed E-state index contributed by atoms with van der Waals surface area (Å²) in [6, 6.07) is 0. The number of carbonyl (C=O) groups is 3. The number of ether oxygens (including phenoxy) is 6. The molecule has 0 aliphatic heterocycles. The third kappa shape index (κ3) is 23.0. The molecule has 250 valence electrons. The van der Waals surface area contributed by atoms with E-state index in [1.54, 1.807) is 0 Å². The van der Waals surface area contributed by atoms with E-state index in [-0.39, 0.29) is 37.4 Å². The summed E-state index contributed by atoms with van der Waals surface area (Å²) < 4.78 is 33.0. The van der Waals surface area contributed by atoms with Crippen molar-refractivity contribution >= 4 is 17.8 Å². The van der Waals surface area contributed by atoms with Crippen LogP contribution in [0.5, 0.6) is 0 Å². The minimum absolute atomic E-state index is 0.0301. The summed E-state index contributed by atoms with van der Waals surface area (Å²) >= 11 is 0. The van der Waals surface area contributed by atoms with Crippen LogP contribution < -0.4 is 5.32 Å². The predicted octanol–water partition coefficient (Wildman–Crippen LogP) is 1.98. The van der Waals surface area contributed by atoms with E-state index in [0.29, 0.717) is 92.2 Å². The van der Waals surface area contributed by atoms with Crippen molar-refractivity contribution in [3.63, 3.8) is 0 Å². The number of nitrogens with one attached hydrogen (secondary N) is 1. The van der Waals surface area contributed by atoms with Gasteiger partial charge in [-0.1, -0.05) is 19.1 Å². The van der Waals surface area contributed by atoms with Crippen molar-refractivity contribution in [3.05, 3.63) is 12.2 Å². The molecule has 0 fully saturated rings. The first-order valence-corrected chi connectivity index (χ1v) is 15.4. The van der Waals surface area contributed by atoms with Gasteiger partial charge in [0.15, 0.2) is 0 Å². The van der Waals surface area contributed by atoms with E-state index in [4.69, 9.17) is 38.6 Å². The Morgan fingerprint density at radius 2 is 1.09 bits per heavy atom. The summed E-state index contributed by atoms with van der Waals surface area (Å²) in [5, 5.41) is 20.3. The standard InChI is InChI=1S/C30H54N2O11/c1-30(9-5-3-2-4-6-10-30)29(37)31-11-17-40-23-26-43-20-14-32(12-18-41-24-21-38-15-7-27(33)34)13-19-42-25-22-39-16-8-28(35)36/h2-3H,4-26H2,1H3,(H,31,37)(H,33,34)(H,35,36)/b3-2+/t30-/m1/s1. The van der Waals surface area contributed by atoms with E-state index in [1.807, 2.05) is 0 Å². The van der Waals surface area contributed by atoms with Crippen LogP contribution >= 0.6 is 0 Å². The summed E-state index contributed by atoms with van der Waals surface area (Å²) in [4.78, 5) is 35.8. The molecule has 0 aromatic heterocycles. The zero-order valence-corrected chi connectivity index (χ0v) is 25.9. The van der Waals surface area contributed by atoms with Gasteiger partial charge in [0.05, 0.1) is 92.1 Å². The molecule has 0 saturated heterocycles. The van der Waals surface area contributed by atoms with Gasteiger partial charge in [-0.25, -0.2) is 0 Å². The number of nitrogens with zero attached hydrogens (tertiary/aromatic N) is 1. The molecule has 1 atom stereocenters. The van der Waals surface area contributed by atoms with Gasteiger partial charge in [0.25, 0.3) is 0 Å². The molecular formula is C30H54N2O11. The third-order valence-corrected chi connectivity index (χ3v) is 6.90. The van der Waals surface area contributed by atoms with Crippen LogP contribution in [-0.2, 0) is 42.8 Å². The van der Waals surface area contributed by atoms with E-state index in [9.17, 15) is 14.4 Å². The summed E-state index contributed by atoms with van der Waals surface area (Å²) in [6.45, 7) is 9.04. The lowest BCUT2D eigenvalue weighted by atomic mass is 9.78. The van der Waals surface area contributed by atoms with Gasteiger partial charge in [-0.2, -0.15) is 0 Å². The highest BCUT2D eigenvalue weighted by Gasteiger charge is 2.31. The van der Waals surface area contributed by atoms with Crippen molar-refractivity contribution in [2.24, 2.45) is 5.41 Å². The summed E-state index contributed by atoms with van der Waals surface area (Å²) in [5.41, 5.74) is -0.318. The lowest BCUT2D eigenvalue weighted by Gasteiger charge is -2.29. The molecular weight excluding hydrogens is 564 g/mol. The van der Waals surface area contributed by atoms with Gasteiger partial charge in [0.1, 0.15) is 0 Å². The molecule has 0 aromatic rings. The first-order chi connectivity index (χ1) is 20.8. The van der Waals surface area contributed by atoms with Crippen molar-refractivity contribution in [1.82, 2.24) is 10.2 Å². The molecule has 0 radical (unpaired) electrons. The fourth-order valence-electron chi connectivity index (χ4n) is 4.25. The van der Waals surface area contributed by atoms with Crippen LogP contribution in [0.25, 0.3) is 0 Å². The molecule has 13 heteroatoms. The van der Waals surface area contributed by atoms with Crippen molar-refractivity contribution in [3.8, 4) is 0 Å². The number of carbonyl (C=O) groups excluding carboxylic acids is 1. The van der Waals surface area contributed by atoms with Gasteiger partial charge in [-0.3, -0.25) is 19.3 Å². The number of hydrogen-bond acceptors (Lipinski definition) is 10. The Balaban J connectivity index is 2.17. The Labute approximate surface area is 256 Å². The first kappa shape index (κ1) is 38.9. The van der Waals surface area contributed by atoms with Crippen LogP contribution in [-0.4, -0.2) is 138 Å². The number of rotatable bonds is 28. The number of amides is 1. The fraction of sp³-hybridized carbons (Fsp3) is 0.833. The molecule has 1 rings (SSSR count). The Morgan fingerprint density at radius 3 is 1.58 bits per heavy atom. The second-order valence-corrected chi connectivity index (χ2v) is 10.5.